The summed E-state index contributed by atoms with van der Waals surface area (Å²) in [7, 11) is 0. The zero-order chi connectivity index (χ0) is 17.0. The molecule has 2 aromatic rings. The molecule has 1 aromatic heterocycles. The molecular formula is C16H18N4O3. The molecule has 0 saturated carbocycles. The highest BCUT2D eigenvalue weighted by Crippen LogP contribution is 2.21. The van der Waals surface area contributed by atoms with Crippen molar-refractivity contribution in [2.75, 3.05) is 6.54 Å². The van der Waals surface area contributed by atoms with Crippen LogP contribution in [0, 0.1) is 13.8 Å². The number of nitrogens with zero attached hydrogens (tertiary/aromatic N) is 2. The highest BCUT2D eigenvalue weighted by Gasteiger charge is 2.10. The fourth-order valence-corrected chi connectivity index (χ4v) is 2.10. The minimum absolute atomic E-state index is 0.273. The Morgan fingerprint density at radius 3 is 2.65 bits per heavy atom. The molecule has 0 saturated heterocycles. The third kappa shape index (κ3) is 4.26. The summed E-state index contributed by atoms with van der Waals surface area (Å²) in [6, 6.07) is 8.93. The first-order valence-corrected chi connectivity index (χ1v) is 7.07. The Morgan fingerprint density at radius 2 is 1.96 bits per heavy atom. The van der Waals surface area contributed by atoms with Crippen LogP contribution >= 0.6 is 0 Å². The van der Waals surface area contributed by atoms with Crippen LogP contribution in [0.25, 0.3) is 11.3 Å². The normalized spacial score (nSPS) is 10.3. The highest BCUT2D eigenvalue weighted by molar-refractivity contribution is 5.83. The van der Waals surface area contributed by atoms with Gasteiger partial charge in [-0.1, -0.05) is 17.7 Å². The van der Waals surface area contributed by atoms with E-state index in [4.69, 9.17) is 5.73 Å². The summed E-state index contributed by atoms with van der Waals surface area (Å²) in [5, 5.41) is 6.56. The molecule has 2 rings (SSSR count). The van der Waals surface area contributed by atoms with Gasteiger partial charge < -0.3 is 11.1 Å². The van der Waals surface area contributed by atoms with Gasteiger partial charge >= 0.3 is 0 Å². The molecule has 1 aromatic carbocycles. The lowest BCUT2D eigenvalue weighted by molar-refractivity contribution is -0.125. The van der Waals surface area contributed by atoms with Crippen LogP contribution in [0.1, 0.15) is 11.1 Å². The molecule has 0 unspecified atom stereocenters. The lowest BCUT2D eigenvalue weighted by atomic mass is 10.0. The van der Waals surface area contributed by atoms with Crippen molar-refractivity contribution in [1.29, 1.82) is 0 Å². The summed E-state index contributed by atoms with van der Waals surface area (Å²) in [6.45, 7) is 3.37. The zero-order valence-electron chi connectivity index (χ0n) is 13.0. The van der Waals surface area contributed by atoms with Crippen LogP contribution in [0.15, 0.2) is 35.1 Å². The molecule has 0 atom stereocenters. The Kier molecular flexibility index (Phi) is 4.90. The van der Waals surface area contributed by atoms with E-state index in [1.54, 1.807) is 6.07 Å². The number of carbonyl (C=O) groups is 2. The molecule has 0 radical (unpaired) electrons. The molecule has 1 heterocycles. The van der Waals surface area contributed by atoms with E-state index < -0.39 is 17.4 Å². The fraction of sp³-hybridized carbons (Fsp3) is 0.250. The molecule has 7 nitrogen and oxygen atoms in total. The van der Waals surface area contributed by atoms with Gasteiger partial charge in [0.1, 0.15) is 6.54 Å². The topological polar surface area (TPSA) is 107 Å². The SMILES string of the molecule is Cc1ccc(C)c(-c2ccc(=O)n(CC(=O)NCC(N)=O)n2)c1. The summed E-state index contributed by atoms with van der Waals surface area (Å²) in [4.78, 5) is 34.2. The summed E-state index contributed by atoms with van der Waals surface area (Å²) < 4.78 is 1.06. The van der Waals surface area contributed by atoms with E-state index in [0.29, 0.717) is 5.69 Å². The van der Waals surface area contributed by atoms with Gasteiger partial charge in [0.25, 0.3) is 5.56 Å². The van der Waals surface area contributed by atoms with Crippen molar-refractivity contribution in [3.05, 3.63) is 51.8 Å². The van der Waals surface area contributed by atoms with Crippen LogP contribution < -0.4 is 16.6 Å². The van der Waals surface area contributed by atoms with Gasteiger partial charge in [0.2, 0.25) is 11.8 Å². The van der Waals surface area contributed by atoms with Crippen molar-refractivity contribution in [2.24, 2.45) is 5.73 Å². The van der Waals surface area contributed by atoms with Crippen molar-refractivity contribution in [3.8, 4) is 11.3 Å². The Bertz CT molecular complexity index is 811. The molecule has 0 fully saturated rings. The second kappa shape index (κ2) is 6.87. The van der Waals surface area contributed by atoms with E-state index >= 15 is 0 Å². The fourth-order valence-electron chi connectivity index (χ4n) is 2.10. The van der Waals surface area contributed by atoms with Crippen molar-refractivity contribution in [1.82, 2.24) is 15.1 Å². The number of nitrogens with one attached hydrogen (secondary N) is 1. The summed E-state index contributed by atoms with van der Waals surface area (Å²) in [6.07, 6.45) is 0. The first-order valence-electron chi connectivity index (χ1n) is 7.07. The molecule has 7 heteroatoms. The van der Waals surface area contributed by atoms with Crippen molar-refractivity contribution >= 4 is 11.8 Å². The molecule has 3 N–H and O–H groups in total. The number of rotatable bonds is 5. The van der Waals surface area contributed by atoms with E-state index in [1.807, 2.05) is 32.0 Å². The van der Waals surface area contributed by atoms with E-state index in [2.05, 4.69) is 10.4 Å². The van der Waals surface area contributed by atoms with Gasteiger partial charge in [-0.15, -0.1) is 0 Å². The maximum absolute atomic E-state index is 11.9. The van der Waals surface area contributed by atoms with Crippen LogP contribution in [0.5, 0.6) is 0 Å². The maximum Gasteiger partial charge on any atom is 0.267 e. The second-order valence-electron chi connectivity index (χ2n) is 5.28. The number of carbonyl (C=O) groups excluding carboxylic acids is 2. The zero-order valence-corrected chi connectivity index (χ0v) is 13.0. The molecule has 2 amide bonds. The van der Waals surface area contributed by atoms with Crippen LogP contribution in [0.2, 0.25) is 0 Å². The lowest BCUT2D eigenvalue weighted by Crippen LogP contribution is -2.38. The number of aromatic nitrogens is 2. The van der Waals surface area contributed by atoms with Crippen LogP contribution in [-0.4, -0.2) is 28.1 Å². The maximum atomic E-state index is 11.9. The minimum Gasteiger partial charge on any atom is -0.368 e. The Labute approximate surface area is 133 Å². The molecule has 0 aliphatic heterocycles. The molecule has 0 spiro atoms. The van der Waals surface area contributed by atoms with Crippen LogP contribution in [0.4, 0.5) is 0 Å². The lowest BCUT2D eigenvalue weighted by Gasteiger charge is -2.10. The van der Waals surface area contributed by atoms with Gasteiger partial charge in [-0.05, 0) is 31.5 Å². The number of aryl methyl sites for hydroxylation is 2. The quantitative estimate of drug-likeness (QED) is 0.818. The van der Waals surface area contributed by atoms with Crippen LogP contribution in [0.3, 0.4) is 0 Å². The Hall–Kier alpha value is -2.96. The predicted molar refractivity (Wildman–Crippen MR) is 85.6 cm³/mol. The summed E-state index contributed by atoms with van der Waals surface area (Å²) in [5.41, 5.74) is 8.16. The standard InChI is InChI=1S/C16H18N4O3/c1-10-3-4-11(2)12(7-10)13-5-6-16(23)20(19-13)9-15(22)18-8-14(17)21/h3-7H,8-9H2,1-2H3,(H2,17,21)(H,18,22). The molecule has 0 bridgehead atoms. The molecule has 0 aliphatic rings. The number of amides is 2. The highest BCUT2D eigenvalue weighted by atomic mass is 16.2. The first-order chi connectivity index (χ1) is 10.9. The van der Waals surface area contributed by atoms with Gasteiger partial charge in [-0.3, -0.25) is 14.4 Å². The number of hydrogen-bond acceptors (Lipinski definition) is 4. The number of primary amides is 1. The van der Waals surface area contributed by atoms with Crippen LogP contribution in [-0.2, 0) is 16.1 Å². The van der Waals surface area contributed by atoms with Gasteiger partial charge in [0.15, 0.2) is 0 Å². The average Bonchev–Trinajstić information content (AvgIpc) is 2.50. The van der Waals surface area contributed by atoms with Gasteiger partial charge in [0, 0.05) is 11.6 Å². The van der Waals surface area contributed by atoms with Crippen molar-refractivity contribution in [3.63, 3.8) is 0 Å². The number of benzene rings is 1. The Balaban J connectivity index is 2.29. The first kappa shape index (κ1) is 16.4. The summed E-state index contributed by atoms with van der Waals surface area (Å²) >= 11 is 0. The van der Waals surface area contributed by atoms with E-state index in [9.17, 15) is 14.4 Å². The summed E-state index contributed by atoms with van der Waals surface area (Å²) in [5.74, 6) is -1.15. The number of hydrogen-bond donors (Lipinski definition) is 2. The third-order valence-corrected chi connectivity index (χ3v) is 3.29. The Morgan fingerprint density at radius 1 is 1.22 bits per heavy atom. The molecule has 0 aliphatic carbocycles. The van der Waals surface area contributed by atoms with Gasteiger partial charge in [-0.2, -0.15) is 5.10 Å². The molecular weight excluding hydrogens is 296 g/mol. The molecule has 120 valence electrons. The smallest absolute Gasteiger partial charge is 0.267 e. The second-order valence-corrected chi connectivity index (χ2v) is 5.28. The molecule has 23 heavy (non-hydrogen) atoms. The van der Waals surface area contributed by atoms with Crippen molar-refractivity contribution < 1.29 is 9.59 Å². The van der Waals surface area contributed by atoms with E-state index in [0.717, 1.165) is 21.4 Å². The average molecular weight is 314 g/mol. The number of nitrogens with two attached hydrogens (primary N) is 1. The van der Waals surface area contributed by atoms with Crippen molar-refractivity contribution in [2.45, 2.75) is 20.4 Å². The van der Waals surface area contributed by atoms with Gasteiger partial charge in [0.05, 0.1) is 12.2 Å². The predicted octanol–water partition coefficient (Wildman–Crippen LogP) is 0.129. The van der Waals surface area contributed by atoms with Gasteiger partial charge in [-0.25, -0.2) is 4.68 Å². The van der Waals surface area contributed by atoms with E-state index in [-0.39, 0.29) is 13.1 Å². The largest absolute Gasteiger partial charge is 0.368 e. The van der Waals surface area contributed by atoms with E-state index in [1.165, 1.54) is 6.07 Å². The monoisotopic (exact) mass is 314 g/mol. The minimum atomic E-state index is -0.650. The third-order valence-electron chi connectivity index (χ3n) is 3.29.